The maximum absolute atomic E-state index is 12.8. The number of ether oxygens (including phenoxy) is 1. The molecule has 0 heterocycles. The molecular weight excluding hydrogens is 444 g/mol. The maximum Gasteiger partial charge on any atom is 0.407 e. The van der Waals surface area contributed by atoms with Crippen LogP contribution >= 0.6 is 0 Å². The number of nitrogens with one attached hydrogen (secondary N) is 2. The van der Waals surface area contributed by atoms with Crippen LogP contribution in [0.3, 0.4) is 0 Å². The first-order chi connectivity index (χ1) is 17.0. The fourth-order valence-electron chi connectivity index (χ4n) is 6.02. The van der Waals surface area contributed by atoms with Crippen molar-refractivity contribution >= 4 is 18.0 Å². The number of hydrogen-bond acceptors (Lipinski definition) is 4. The van der Waals surface area contributed by atoms with Crippen LogP contribution in [0.1, 0.15) is 62.0 Å². The zero-order valence-corrected chi connectivity index (χ0v) is 19.7. The van der Waals surface area contributed by atoms with Crippen LogP contribution in [0.5, 0.6) is 0 Å². The summed E-state index contributed by atoms with van der Waals surface area (Å²) in [6, 6.07) is 16.3. The number of hydrogen-bond donors (Lipinski definition) is 3. The Labute approximate surface area is 205 Å². The number of aliphatic carboxylic acids is 1. The predicted molar refractivity (Wildman–Crippen MR) is 131 cm³/mol. The predicted octanol–water partition coefficient (Wildman–Crippen LogP) is 4.45. The van der Waals surface area contributed by atoms with Crippen molar-refractivity contribution in [2.75, 3.05) is 6.61 Å². The number of amides is 2. The third-order valence-corrected chi connectivity index (χ3v) is 7.84. The average molecular weight is 477 g/mol. The number of carbonyl (C=O) groups excluding carboxylic acids is 2. The molecule has 4 atom stereocenters. The van der Waals surface area contributed by atoms with Gasteiger partial charge in [-0.1, -0.05) is 55.0 Å². The van der Waals surface area contributed by atoms with Gasteiger partial charge in [0, 0.05) is 23.9 Å². The zero-order chi connectivity index (χ0) is 24.4. The molecule has 2 unspecified atom stereocenters. The van der Waals surface area contributed by atoms with E-state index >= 15 is 0 Å². The Morgan fingerprint density at radius 2 is 1.43 bits per heavy atom. The molecular formula is C28H32N2O5. The minimum Gasteiger partial charge on any atom is -0.481 e. The summed E-state index contributed by atoms with van der Waals surface area (Å²) in [7, 11) is 0. The van der Waals surface area contributed by atoms with Gasteiger partial charge in [-0.25, -0.2) is 4.79 Å². The van der Waals surface area contributed by atoms with E-state index < -0.39 is 12.1 Å². The molecule has 35 heavy (non-hydrogen) atoms. The normalized spacial score (nSPS) is 25.4. The molecule has 0 spiro atoms. The zero-order valence-electron chi connectivity index (χ0n) is 19.7. The van der Waals surface area contributed by atoms with E-state index in [-0.39, 0.29) is 42.4 Å². The summed E-state index contributed by atoms with van der Waals surface area (Å²) in [6.45, 7) is 0.267. The van der Waals surface area contributed by atoms with Gasteiger partial charge in [-0.2, -0.15) is 0 Å². The molecule has 2 fully saturated rings. The fourth-order valence-corrected chi connectivity index (χ4v) is 6.02. The largest absolute Gasteiger partial charge is 0.481 e. The summed E-state index contributed by atoms with van der Waals surface area (Å²) in [4.78, 5) is 36.6. The van der Waals surface area contributed by atoms with Gasteiger partial charge in [0.1, 0.15) is 6.61 Å². The summed E-state index contributed by atoms with van der Waals surface area (Å²) in [5, 5.41) is 15.3. The third-order valence-electron chi connectivity index (χ3n) is 7.84. The lowest BCUT2D eigenvalue weighted by Crippen LogP contribution is -2.42. The molecule has 0 aliphatic heterocycles. The van der Waals surface area contributed by atoms with Crippen molar-refractivity contribution in [2.24, 2.45) is 11.8 Å². The summed E-state index contributed by atoms with van der Waals surface area (Å²) in [6.07, 6.45) is 4.37. The minimum atomic E-state index is -0.780. The molecule has 0 bridgehead atoms. The molecule has 3 N–H and O–H groups in total. The van der Waals surface area contributed by atoms with Crippen molar-refractivity contribution < 1.29 is 24.2 Å². The second kappa shape index (κ2) is 10.1. The number of benzene rings is 2. The van der Waals surface area contributed by atoms with Crippen molar-refractivity contribution in [1.29, 1.82) is 0 Å². The molecule has 2 saturated carbocycles. The summed E-state index contributed by atoms with van der Waals surface area (Å²) < 4.78 is 5.65. The maximum atomic E-state index is 12.8. The van der Waals surface area contributed by atoms with E-state index in [0.717, 1.165) is 19.3 Å². The van der Waals surface area contributed by atoms with Crippen LogP contribution in [0.2, 0.25) is 0 Å². The van der Waals surface area contributed by atoms with Crippen LogP contribution in [-0.4, -0.2) is 41.8 Å². The van der Waals surface area contributed by atoms with E-state index in [2.05, 4.69) is 34.9 Å². The van der Waals surface area contributed by atoms with Gasteiger partial charge in [0.25, 0.3) is 0 Å². The molecule has 3 aliphatic rings. The van der Waals surface area contributed by atoms with Gasteiger partial charge in [0.15, 0.2) is 0 Å². The highest BCUT2D eigenvalue weighted by molar-refractivity contribution is 5.80. The second-order valence-corrected chi connectivity index (χ2v) is 10.1. The molecule has 3 aliphatic carbocycles. The molecule has 7 nitrogen and oxygen atoms in total. The van der Waals surface area contributed by atoms with E-state index in [1.807, 2.05) is 24.3 Å². The van der Waals surface area contributed by atoms with Gasteiger partial charge >= 0.3 is 12.1 Å². The smallest absolute Gasteiger partial charge is 0.407 e. The number of carboxylic acids is 1. The van der Waals surface area contributed by atoms with Crippen LogP contribution in [0.15, 0.2) is 48.5 Å². The summed E-state index contributed by atoms with van der Waals surface area (Å²) in [5.41, 5.74) is 4.72. The van der Waals surface area contributed by atoms with Gasteiger partial charge in [0.2, 0.25) is 5.91 Å². The molecule has 0 saturated heterocycles. The summed E-state index contributed by atoms with van der Waals surface area (Å²) >= 11 is 0. The van der Waals surface area contributed by atoms with Crippen LogP contribution < -0.4 is 10.6 Å². The standard InChI is InChI=1S/C28H32N2O5/c31-26(29-19-7-5-6-18(15-19)27(32)33)17-12-13-20(14-17)30-28(34)35-16-25-23-10-3-1-8-21(23)22-9-2-4-11-24(22)25/h1-4,8-11,17-20,25H,5-7,12-16H2,(H,29,31)(H,30,34)(H,32,33)/t17?,18-,19+,20?/m1/s1. The van der Waals surface area contributed by atoms with Gasteiger partial charge < -0.3 is 20.5 Å². The van der Waals surface area contributed by atoms with Crippen molar-refractivity contribution in [3.63, 3.8) is 0 Å². The monoisotopic (exact) mass is 476 g/mol. The summed E-state index contributed by atoms with van der Waals surface area (Å²) in [5.74, 6) is -1.34. The van der Waals surface area contributed by atoms with Crippen molar-refractivity contribution in [2.45, 2.75) is 62.9 Å². The number of carboxylic acid groups (broad SMARTS) is 1. The van der Waals surface area contributed by atoms with Crippen molar-refractivity contribution in [3.05, 3.63) is 59.7 Å². The first kappa shape index (κ1) is 23.4. The number of alkyl carbamates (subject to hydrolysis) is 1. The van der Waals surface area contributed by atoms with E-state index in [1.54, 1.807) is 0 Å². The molecule has 2 amide bonds. The Kier molecular flexibility index (Phi) is 6.75. The fraction of sp³-hybridized carbons (Fsp3) is 0.464. The third kappa shape index (κ3) is 5.04. The lowest BCUT2D eigenvalue weighted by atomic mass is 9.85. The molecule has 0 aromatic heterocycles. The van der Waals surface area contributed by atoms with Crippen LogP contribution in [0, 0.1) is 11.8 Å². The minimum absolute atomic E-state index is 0.0142. The molecule has 2 aromatic rings. The van der Waals surface area contributed by atoms with E-state index in [9.17, 15) is 19.5 Å². The highest BCUT2D eigenvalue weighted by Crippen LogP contribution is 2.44. The lowest BCUT2D eigenvalue weighted by Gasteiger charge is -2.28. The van der Waals surface area contributed by atoms with Crippen molar-refractivity contribution in [1.82, 2.24) is 10.6 Å². The molecule has 7 heteroatoms. The van der Waals surface area contributed by atoms with Crippen molar-refractivity contribution in [3.8, 4) is 11.1 Å². The van der Waals surface area contributed by atoms with Gasteiger partial charge in [-0.05, 0) is 60.8 Å². The quantitative estimate of drug-likeness (QED) is 0.571. The first-order valence-corrected chi connectivity index (χ1v) is 12.6. The Balaban J connectivity index is 1.10. The molecule has 0 radical (unpaired) electrons. The van der Waals surface area contributed by atoms with Gasteiger partial charge in [-0.15, -0.1) is 0 Å². The van der Waals surface area contributed by atoms with E-state index in [4.69, 9.17) is 4.74 Å². The van der Waals surface area contributed by atoms with Gasteiger partial charge in [-0.3, -0.25) is 9.59 Å². The highest BCUT2D eigenvalue weighted by atomic mass is 16.5. The molecule has 184 valence electrons. The number of fused-ring (bicyclic) bond motifs is 3. The lowest BCUT2D eigenvalue weighted by molar-refractivity contribution is -0.143. The SMILES string of the molecule is O=C(NC1CCC(C(=O)N[C@H]2CCC[C@@H](C(=O)O)C2)C1)OCC1c2ccccc2-c2ccccc21. The Morgan fingerprint density at radius 1 is 0.800 bits per heavy atom. The van der Waals surface area contributed by atoms with Crippen LogP contribution in [0.4, 0.5) is 4.79 Å². The Morgan fingerprint density at radius 3 is 2.11 bits per heavy atom. The Hall–Kier alpha value is -3.35. The van der Waals surface area contributed by atoms with Crippen LogP contribution in [-0.2, 0) is 14.3 Å². The van der Waals surface area contributed by atoms with Crippen LogP contribution in [0.25, 0.3) is 11.1 Å². The highest BCUT2D eigenvalue weighted by Gasteiger charge is 2.34. The number of carbonyl (C=O) groups is 3. The molecule has 2 aromatic carbocycles. The Bertz CT molecular complexity index is 1070. The van der Waals surface area contributed by atoms with Gasteiger partial charge in [0.05, 0.1) is 5.92 Å². The second-order valence-electron chi connectivity index (χ2n) is 10.1. The average Bonchev–Trinajstić information content (AvgIpc) is 3.46. The van der Waals surface area contributed by atoms with E-state index in [1.165, 1.54) is 22.3 Å². The molecule has 5 rings (SSSR count). The number of rotatable bonds is 6. The topological polar surface area (TPSA) is 105 Å². The van der Waals surface area contributed by atoms with E-state index in [0.29, 0.717) is 25.7 Å². The first-order valence-electron chi connectivity index (χ1n) is 12.6.